The molecule has 170 valence electrons. The van der Waals surface area contributed by atoms with E-state index in [-0.39, 0.29) is 30.6 Å². The van der Waals surface area contributed by atoms with Crippen LogP contribution in [0.4, 0.5) is 0 Å². The van der Waals surface area contributed by atoms with Gasteiger partial charge in [-0.1, -0.05) is 13.8 Å². The predicted molar refractivity (Wildman–Crippen MR) is 116 cm³/mol. The van der Waals surface area contributed by atoms with Gasteiger partial charge in [-0.15, -0.1) is 0 Å². The molecule has 12 heteroatoms. The molecule has 1 N–H and O–H groups in total. The van der Waals surface area contributed by atoms with E-state index in [4.69, 9.17) is 25.8 Å². The lowest BCUT2D eigenvalue weighted by Gasteiger charge is -2.37. The maximum atomic E-state index is 13.2. The van der Waals surface area contributed by atoms with Crippen LogP contribution >= 0.6 is 7.60 Å². The molecule has 0 aromatic carbocycles. The average molecular weight is 470 g/mol. The third kappa shape index (κ3) is 8.03. The van der Waals surface area contributed by atoms with Gasteiger partial charge in [0.1, 0.15) is 7.85 Å². The smallest absolute Gasteiger partial charge is 0.360 e. The second kappa shape index (κ2) is 10.3. The van der Waals surface area contributed by atoms with Crippen LogP contribution in [0, 0.1) is 5.92 Å². The van der Waals surface area contributed by atoms with E-state index in [2.05, 4.69) is 0 Å². The zero-order valence-electron chi connectivity index (χ0n) is 18.6. The molecule has 1 unspecified atom stereocenters. The molecule has 0 aliphatic carbocycles. The van der Waals surface area contributed by atoms with Gasteiger partial charge < -0.3 is 18.6 Å². The van der Waals surface area contributed by atoms with Gasteiger partial charge in [-0.05, 0) is 50.7 Å². The molecule has 29 heavy (non-hydrogen) atoms. The summed E-state index contributed by atoms with van der Waals surface area (Å²) in [7, 11) is -4.00. The van der Waals surface area contributed by atoms with Crippen molar-refractivity contribution in [2.45, 2.75) is 83.0 Å². The van der Waals surface area contributed by atoms with Gasteiger partial charge in [-0.3, -0.25) is 8.75 Å². The summed E-state index contributed by atoms with van der Waals surface area (Å²) in [6, 6.07) is -0.562. The van der Waals surface area contributed by atoms with Crippen LogP contribution in [0.1, 0.15) is 47.0 Å². The van der Waals surface area contributed by atoms with Gasteiger partial charge >= 0.3 is 7.60 Å². The summed E-state index contributed by atoms with van der Waals surface area (Å²) in [6.45, 7) is 11.3. The monoisotopic (exact) mass is 470 g/mol. The number of rotatable bonds is 12. The highest BCUT2D eigenvalue weighted by atomic mass is 32.2. The van der Waals surface area contributed by atoms with Gasteiger partial charge in [0.15, 0.2) is 14.2 Å². The fourth-order valence-corrected chi connectivity index (χ4v) is 7.08. The van der Waals surface area contributed by atoms with Crippen LogP contribution in [0.2, 0.25) is 18.1 Å². The van der Waals surface area contributed by atoms with Crippen molar-refractivity contribution in [3.63, 3.8) is 0 Å². The molecule has 8 nitrogen and oxygen atoms in total. The maximum absolute atomic E-state index is 13.2. The molecule has 1 fully saturated rings. The topological polar surface area (TPSA) is 108 Å². The molecule has 0 bridgehead atoms. The van der Waals surface area contributed by atoms with E-state index < -0.39 is 44.0 Å². The Kier molecular flexibility index (Phi) is 9.65. The number of hydrogen-bond acceptors (Lipinski definition) is 8. The first-order valence-electron chi connectivity index (χ1n) is 9.95. The molecule has 1 aliphatic rings. The minimum Gasteiger partial charge on any atom is -0.432 e. The molecule has 2 radical (unpaired) electrons. The molecule has 1 aliphatic heterocycles. The summed E-state index contributed by atoms with van der Waals surface area (Å²) < 4.78 is 58.2. The van der Waals surface area contributed by atoms with Crippen molar-refractivity contribution < 1.29 is 35.7 Å². The van der Waals surface area contributed by atoms with Crippen LogP contribution in [0.15, 0.2) is 0 Å². The van der Waals surface area contributed by atoms with E-state index in [1.54, 1.807) is 13.8 Å². The minimum atomic E-state index is -3.91. The lowest BCUT2D eigenvalue weighted by atomic mass is 9.80. The van der Waals surface area contributed by atoms with Gasteiger partial charge in [0.2, 0.25) is 0 Å². The van der Waals surface area contributed by atoms with E-state index >= 15 is 0 Å². The lowest BCUT2D eigenvalue weighted by Crippen LogP contribution is -2.41. The molecule has 1 heterocycles. The molecular formula is C17H36BO8PSSi. The van der Waals surface area contributed by atoms with Crippen LogP contribution in [-0.2, 0) is 32.7 Å². The van der Waals surface area contributed by atoms with Crippen molar-refractivity contribution in [3.8, 4) is 0 Å². The molecule has 0 aromatic heterocycles. The first-order valence-corrected chi connectivity index (χ1v) is 16.3. The van der Waals surface area contributed by atoms with Crippen LogP contribution < -0.4 is 0 Å². The van der Waals surface area contributed by atoms with Crippen LogP contribution in [0.5, 0.6) is 0 Å². The van der Waals surface area contributed by atoms with Crippen molar-refractivity contribution >= 4 is 33.9 Å². The fourth-order valence-electron chi connectivity index (χ4n) is 3.33. The van der Waals surface area contributed by atoms with Crippen LogP contribution in [-0.4, -0.2) is 66.8 Å². The van der Waals surface area contributed by atoms with E-state index in [1.807, 2.05) is 26.9 Å². The number of ether oxygens (including phenoxy) is 1. The first-order chi connectivity index (χ1) is 13.0. The van der Waals surface area contributed by atoms with Crippen LogP contribution in [0.25, 0.3) is 0 Å². The molecule has 0 amide bonds. The largest absolute Gasteiger partial charge is 0.432 e. The van der Waals surface area contributed by atoms with Gasteiger partial charge in [0.25, 0.3) is 10.1 Å². The molecule has 1 rings (SSSR count). The van der Waals surface area contributed by atoms with E-state index in [0.29, 0.717) is 12.8 Å². The van der Waals surface area contributed by atoms with Crippen LogP contribution in [0.3, 0.4) is 0 Å². The number of hydrogen-bond donors (Lipinski definition) is 1. The maximum Gasteiger partial charge on any atom is 0.360 e. The van der Waals surface area contributed by atoms with E-state index in [0.717, 1.165) is 6.26 Å². The molecule has 1 saturated heterocycles. The molecular weight excluding hydrogens is 434 g/mol. The Balaban J connectivity index is 2.99. The van der Waals surface area contributed by atoms with Gasteiger partial charge in [0, 0.05) is 12.4 Å². The summed E-state index contributed by atoms with van der Waals surface area (Å²) in [5, 5.41) is -0.276. The molecule has 0 aromatic rings. The summed E-state index contributed by atoms with van der Waals surface area (Å²) >= 11 is 0. The van der Waals surface area contributed by atoms with E-state index in [1.165, 1.54) is 0 Å². The Morgan fingerprint density at radius 1 is 1.28 bits per heavy atom. The van der Waals surface area contributed by atoms with Crippen molar-refractivity contribution in [3.05, 3.63) is 0 Å². The highest BCUT2D eigenvalue weighted by molar-refractivity contribution is 7.86. The second-order valence-electron chi connectivity index (χ2n) is 8.73. The summed E-state index contributed by atoms with van der Waals surface area (Å²) in [4.78, 5) is 10.6. The Hall–Kier alpha value is 0.262. The second-order valence-corrected chi connectivity index (χ2v) is 17.0. The molecule has 0 saturated carbocycles. The highest BCUT2D eigenvalue weighted by Crippen LogP contribution is 2.56. The van der Waals surface area contributed by atoms with Crippen molar-refractivity contribution in [2.24, 2.45) is 5.92 Å². The lowest BCUT2D eigenvalue weighted by molar-refractivity contribution is 0.0518. The SMILES string of the molecule is [B][C@@H]1O[C@H](CC(OS(C)(=O)=O)P(=O)(OCC)OCC)C[C@@H]1CC(C)(C)[Si](C)(C)O. The summed E-state index contributed by atoms with van der Waals surface area (Å²) in [5.41, 5.74) is 0. The third-order valence-corrected chi connectivity index (χ3v) is 12.0. The zero-order chi connectivity index (χ0) is 22.7. The van der Waals surface area contributed by atoms with Crippen molar-refractivity contribution in [1.29, 1.82) is 0 Å². The Bertz CT molecular complexity index is 671. The first kappa shape index (κ1) is 27.3. The fraction of sp³-hybridized carbons (Fsp3) is 1.00. The third-order valence-electron chi connectivity index (χ3n) is 5.53. The summed E-state index contributed by atoms with van der Waals surface area (Å²) in [5.74, 6) is -1.34. The van der Waals surface area contributed by atoms with Crippen molar-refractivity contribution in [2.75, 3.05) is 19.5 Å². The quantitative estimate of drug-likeness (QED) is 0.263. The molecule has 4 atom stereocenters. The standard InChI is InChI=1S/C17H36BO8PSSi/c1-8-23-27(19,24-9-2)15(26-28(5,20)21)11-14-10-13(16(18)25-14)12-17(3,4)29(6,7)22/h13-16,22H,8-12H2,1-7H3/t13-,14+,15?,16-/m1/s1. The minimum absolute atomic E-state index is 0.00885. The Morgan fingerprint density at radius 2 is 1.79 bits per heavy atom. The van der Waals surface area contributed by atoms with Gasteiger partial charge in [0.05, 0.1) is 25.6 Å². The summed E-state index contributed by atoms with van der Waals surface area (Å²) in [6.07, 6.45) is 1.65. The Labute approximate surface area is 178 Å². The zero-order valence-corrected chi connectivity index (χ0v) is 21.3. The van der Waals surface area contributed by atoms with Crippen molar-refractivity contribution in [1.82, 2.24) is 0 Å². The normalized spacial score (nSPS) is 25.3. The van der Waals surface area contributed by atoms with Gasteiger partial charge in [-0.25, -0.2) is 0 Å². The molecule has 0 spiro atoms. The predicted octanol–water partition coefficient (Wildman–Crippen LogP) is 3.21. The average Bonchev–Trinajstić information content (AvgIpc) is 2.83. The Morgan fingerprint density at radius 3 is 2.21 bits per heavy atom. The highest BCUT2D eigenvalue weighted by Gasteiger charge is 2.46. The van der Waals surface area contributed by atoms with Gasteiger partial charge in [-0.2, -0.15) is 8.42 Å². The van der Waals surface area contributed by atoms with E-state index in [9.17, 15) is 17.8 Å².